The average Bonchev–Trinajstić information content (AvgIpc) is 2.51. The maximum Gasteiger partial charge on any atom is 0.189 e. The minimum atomic E-state index is -0.699. The molecule has 0 radical (unpaired) electrons. The van der Waals surface area contributed by atoms with Gasteiger partial charge in [-0.05, 0) is 36.3 Å². The Morgan fingerprint density at radius 3 is 2.68 bits per heavy atom. The van der Waals surface area contributed by atoms with Gasteiger partial charge in [-0.25, -0.2) is 4.99 Å². The zero-order chi connectivity index (χ0) is 15.3. The van der Waals surface area contributed by atoms with Gasteiger partial charge in [-0.3, -0.25) is 9.59 Å². The number of hydrogen-bond acceptors (Lipinski definition) is 4. The molecule has 0 atom stereocenters. The quantitative estimate of drug-likeness (QED) is 0.590. The van der Waals surface area contributed by atoms with Crippen LogP contribution < -0.4 is 0 Å². The molecule has 1 N–H and O–H groups in total. The molecule has 0 saturated carbocycles. The topological polar surface area (TPSA) is 66.7 Å². The molecule has 4 rings (SSSR count). The molecule has 1 aromatic rings. The summed E-state index contributed by atoms with van der Waals surface area (Å²) in [4.78, 5) is 28.6. The van der Waals surface area contributed by atoms with E-state index in [1.54, 1.807) is 18.2 Å². The predicted octanol–water partition coefficient (Wildman–Crippen LogP) is 2.70. The average molecular weight is 291 g/mol. The molecule has 3 aliphatic rings. The second kappa shape index (κ2) is 4.37. The van der Waals surface area contributed by atoms with Gasteiger partial charge < -0.3 is 5.11 Å². The smallest absolute Gasteiger partial charge is 0.189 e. The van der Waals surface area contributed by atoms with Gasteiger partial charge >= 0.3 is 0 Å². The van der Waals surface area contributed by atoms with Gasteiger partial charge in [-0.1, -0.05) is 24.3 Å². The Kier molecular flexibility index (Phi) is 2.57. The number of benzene rings is 1. The molecule has 1 aromatic carbocycles. The first-order valence-electron chi connectivity index (χ1n) is 7.16. The summed E-state index contributed by atoms with van der Waals surface area (Å²) in [6, 6.07) is 4.91. The number of Topliss-reactive ketones (excluding diaryl/α,β-unsaturated/α-hetero) is 1. The second-order valence-corrected chi connectivity index (χ2v) is 5.70. The molecule has 2 aliphatic carbocycles. The minimum Gasteiger partial charge on any atom is -0.508 e. The molecule has 1 aliphatic heterocycles. The van der Waals surface area contributed by atoms with E-state index in [1.807, 2.05) is 24.3 Å². The van der Waals surface area contributed by atoms with E-state index in [1.165, 1.54) is 6.08 Å². The van der Waals surface area contributed by atoms with Crippen molar-refractivity contribution < 1.29 is 14.7 Å². The highest BCUT2D eigenvalue weighted by atomic mass is 16.3. The van der Waals surface area contributed by atoms with Crippen LogP contribution in [0.4, 0.5) is 5.69 Å². The molecule has 0 aromatic heterocycles. The number of allylic oxidation sites excluding steroid dienone is 6. The maximum atomic E-state index is 12.3. The Balaban J connectivity index is 2.09. The van der Waals surface area contributed by atoms with Crippen LogP contribution in [0.3, 0.4) is 0 Å². The largest absolute Gasteiger partial charge is 0.508 e. The lowest BCUT2D eigenvalue weighted by Gasteiger charge is -2.38. The molecule has 0 unspecified atom stereocenters. The number of ketones is 2. The minimum absolute atomic E-state index is 0.126. The standard InChI is InChI=1S/C18H13NO3/c20-11-4-5-15-13(8-11)18(6-2-1-3-7-18)14-9-12(21)10-16(22)17(14)19-15/h2-9,20H,1,10H2. The third-order valence-corrected chi connectivity index (χ3v) is 4.30. The highest BCUT2D eigenvalue weighted by Crippen LogP contribution is 2.48. The summed E-state index contributed by atoms with van der Waals surface area (Å²) in [5, 5.41) is 9.85. The van der Waals surface area contributed by atoms with Crippen LogP contribution in [0.1, 0.15) is 18.4 Å². The number of aliphatic imine (C=N–C) groups is 1. The maximum absolute atomic E-state index is 12.3. The number of phenols is 1. The van der Waals surface area contributed by atoms with Crippen molar-refractivity contribution in [2.45, 2.75) is 18.3 Å². The lowest BCUT2D eigenvalue weighted by molar-refractivity contribution is -0.121. The number of hydrogen-bond donors (Lipinski definition) is 1. The molecule has 4 nitrogen and oxygen atoms in total. The SMILES string of the molecule is O=C1C=C2C(=Nc3ccc(O)cc3C23C=CCC=C3)C(=O)C1. The van der Waals surface area contributed by atoms with Gasteiger partial charge in [0.15, 0.2) is 11.6 Å². The van der Waals surface area contributed by atoms with Crippen molar-refractivity contribution in [2.75, 3.05) is 0 Å². The van der Waals surface area contributed by atoms with Crippen molar-refractivity contribution in [3.63, 3.8) is 0 Å². The van der Waals surface area contributed by atoms with Crippen LogP contribution in [0, 0.1) is 0 Å². The summed E-state index contributed by atoms with van der Waals surface area (Å²) in [5.74, 6) is -0.305. The van der Waals surface area contributed by atoms with Crippen LogP contribution in [-0.2, 0) is 15.0 Å². The van der Waals surface area contributed by atoms with Gasteiger partial charge in [0.2, 0.25) is 0 Å². The van der Waals surface area contributed by atoms with Crippen molar-refractivity contribution in [3.05, 3.63) is 59.7 Å². The van der Waals surface area contributed by atoms with Gasteiger partial charge in [0.05, 0.1) is 17.5 Å². The highest BCUT2D eigenvalue weighted by molar-refractivity contribution is 6.52. The van der Waals surface area contributed by atoms with Crippen LogP contribution in [-0.4, -0.2) is 22.4 Å². The number of carbonyl (C=O) groups is 2. The number of aromatic hydroxyl groups is 1. The molecule has 1 spiro atoms. The van der Waals surface area contributed by atoms with Gasteiger partial charge in [-0.15, -0.1) is 0 Å². The molecule has 0 amide bonds. The molecular weight excluding hydrogens is 278 g/mol. The third-order valence-electron chi connectivity index (χ3n) is 4.30. The zero-order valence-electron chi connectivity index (χ0n) is 11.7. The van der Waals surface area contributed by atoms with Crippen molar-refractivity contribution in [3.8, 4) is 5.75 Å². The summed E-state index contributed by atoms with van der Waals surface area (Å²) in [6.07, 6.45) is 10.2. The second-order valence-electron chi connectivity index (χ2n) is 5.70. The fourth-order valence-corrected chi connectivity index (χ4v) is 3.33. The van der Waals surface area contributed by atoms with E-state index in [0.717, 1.165) is 12.0 Å². The van der Waals surface area contributed by atoms with Crippen LogP contribution in [0.5, 0.6) is 5.75 Å². The predicted molar refractivity (Wildman–Crippen MR) is 82.5 cm³/mol. The monoisotopic (exact) mass is 291 g/mol. The van der Waals surface area contributed by atoms with Crippen molar-refractivity contribution in [2.24, 2.45) is 4.99 Å². The van der Waals surface area contributed by atoms with E-state index in [9.17, 15) is 14.7 Å². The summed E-state index contributed by atoms with van der Waals surface area (Å²) in [6.45, 7) is 0. The Hall–Kier alpha value is -2.75. The fourth-order valence-electron chi connectivity index (χ4n) is 3.33. The summed E-state index contributed by atoms with van der Waals surface area (Å²) >= 11 is 0. The highest BCUT2D eigenvalue weighted by Gasteiger charge is 2.44. The summed E-state index contributed by atoms with van der Waals surface area (Å²) in [5.41, 5.74) is 1.71. The van der Waals surface area contributed by atoms with Crippen LogP contribution in [0.25, 0.3) is 0 Å². The van der Waals surface area contributed by atoms with E-state index >= 15 is 0 Å². The molecule has 0 bridgehead atoms. The Bertz CT molecular complexity index is 828. The number of phenolic OH excluding ortho intramolecular Hbond substituents is 1. The lowest BCUT2D eigenvalue weighted by atomic mass is 9.66. The molecule has 108 valence electrons. The third kappa shape index (κ3) is 1.67. The number of carbonyl (C=O) groups excluding carboxylic acids is 2. The first-order chi connectivity index (χ1) is 10.6. The molecule has 1 heterocycles. The molecule has 0 saturated heterocycles. The fraction of sp³-hybridized carbons (Fsp3) is 0.167. The van der Waals surface area contributed by atoms with Crippen molar-refractivity contribution >= 4 is 23.0 Å². The van der Waals surface area contributed by atoms with E-state index in [4.69, 9.17) is 0 Å². The molecule has 4 heteroatoms. The van der Waals surface area contributed by atoms with Gasteiger partial charge in [0, 0.05) is 5.57 Å². The Morgan fingerprint density at radius 1 is 1.14 bits per heavy atom. The first kappa shape index (κ1) is 13.0. The summed E-state index contributed by atoms with van der Waals surface area (Å²) < 4.78 is 0. The van der Waals surface area contributed by atoms with Gasteiger partial charge in [-0.2, -0.15) is 0 Å². The van der Waals surface area contributed by atoms with Crippen LogP contribution >= 0.6 is 0 Å². The van der Waals surface area contributed by atoms with E-state index in [0.29, 0.717) is 17.0 Å². The van der Waals surface area contributed by atoms with Gasteiger partial charge in [0.1, 0.15) is 11.5 Å². The van der Waals surface area contributed by atoms with Crippen LogP contribution in [0.2, 0.25) is 0 Å². The van der Waals surface area contributed by atoms with Crippen molar-refractivity contribution in [1.82, 2.24) is 0 Å². The van der Waals surface area contributed by atoms with Crippen LogP contribution in [0.15, 0.2) is 59.1 Å². The number of nitrogens with zero attached hydrogens (tertiary/aromatic N) is 1. The Labute approximate surface area is 127 Å². The zero-order valence-corrected chi connectivity index (χ0v) is 11.7. The van der Waals surface area contributed by atoms with Gasteiger partial charge in [0.25, 0.3) is 0 Å². The van der Waals surface area contributed by atoms with E-state index < -0.39 is 5.41 Å². The van der Waals surface area contributed by atoms with E-state index in [2.05, 4.69) is 4.99 Å². The van der Waals surface area contributed by atoms with E-state index in [-0.39, 0.29) is 23.7 Å². The normalized spacial score (nSPS) is 21.3. The molecule has 0 fully saturated rings. The molecular formula is C18H13NO3. The lowest BCUT2D eigenvalue weighted by Crippen LogP contribution is -2.39. The Morgan fingerprint density at radius 2 is 1.91 bits per heavy atom. The summed E-state index contributed by atoms with van der Waals surface area (Å²) in [7, 11) is 0. The molecule has 22 heavy (non-hydrogen) atoms. The first-order valence-corrected chi connectivity index (χ1v) is 7.16. The number of fused-ring (bicyclic) bond motifs is 4. The van der Waals surface area contributed by atoms with Crippen molar-refractivity contribution in [1.29, 1.82) is 0 Å². The number of rotatable bonds is 0.